The van der Waals surface area contributed by atoms with Crippen LogP contribution in [0.25, 0.3) is 0 Å². The molecule has 100 valence electrons. The van der Waals surface area contributed by atoms with E-state index in [1.54, 1.807) is 0 Å². The van der Waals surface area contributed by atoms with Crippen LogP contribution in [0.2, 0.25) is 0 Å². The van der Waals surface area contributed by atoms with Crippen LogP contribution in [0.1, 0.15) is 17.5 Å². The molecule has 0 aliphatic carbocycles. The average Bonchev–Trinajstić information content (AvgIpc) is 2.46. The summed E-state index contributed by atoms with van der Waals surface area (Å²) in [4.78, 5) is 8.57. The summed E-state index contributed by atoms with van der Waals surface area (Å²) in [5.41, 5.74) is 2.44. The first-order valence-electron chi connectivity index (χ1n) is 6.59. The minimum absolute atomic E-state index is 0.649. The van der Waals surface area contributed by atoms with Crippen LogP contribution in [0.4, 0.5) is 11.8 Å². The highest BCUT2D eigenvalue weighted by molar-refractivity contribution is 5.46. The van der Waals surface area contributed by atoms with Crippen LogP contribution < -0.4 is 10.6 Å². The van der Waals surface area contributed by atoms with Gasteiger partial charge in [-0.1, -0.05) is 30.3 Å². The van der Waals surface area contributed by atoms with E-state index in [1.165, 1.54) is 5.56 Å². The number of aromatic nitrogens is 2. The van der Waals surface area contributed by atoms with Gasteiger partial charge in [-0.25, -0.2) is 4.98 Å². The van der Waals surface area contributed by atoms with E-state index in [2.05, 4.69) is 44.9 Å². The van der Waals surface area contributed by atoms with E-state index >= 15 is 0 Å². The van der Waals surface area contributed by atoms with Crippen molar-refractivity contribution in [2.24, 2.45) is 0 Å². The third-order valence-electron chi connectivity index (χ3n) is 2.97. The molecule has 0 atom stereocenters. The molecule has 2 N–H and O–H groups in total. The molecule has 0 saturated heterocycles. The molecule has 4 heteroatoms. The predicted molar refractivity (Wildman–Crippen MR) is 79.6 cm³/mol. The second kappa shape index (κ2) is 6.73. The molecular formula is C15H20N4. The van der Waals surface area contributed by atoms with Gasteiger partial charge in [-0.2, -0.15) is 4.98 Å². The van der Waals surface area contributed by atoms with Gasteiger partial charge in [0.05, 0.1) is 0 Å². The molecule has 1 heterocycles. The Morgan fingerprint density at radius 2 is 1.95 bits per heavy atom. The highest BCUT2D eigenvalue weighted by Crippen LogP contribution is 2.12. The number of benzene rings is 1. The van der Waals surface area contributed by atoms with Gasteiger partial charge in [-0.15, -0.1) is 0 Å². The molecule has 1 aromatic heterocycles. The van der Waals surface area contributed by atoms with Gasteiger partial charge in [-0.3, -0.25) is 0 Å². The highest BCUT2D eigenvalue weighted by atomic mass is 15.1. The van der Waals surface area contributed by atoms with E-state index in [0.29, 0.717) is 5.95 Å². The van der Waals surface area contributed by atoms with E-state index in [0.717, 1.165) is 30.8 Å². The van der Waals surface area contributed by atoms with Crippen LogP contribution >= 0.6 is 0 Å². The van der Waals surface area contributed by atoms with Crippen LogP contribution in [-0.2, 0) is 6.42 Å². The van der Waals surface area contributed by atoms with Gasteiger partial charge in [0.25, 0.3) is 0 Å². The number of anilines is 2. The molecule has 0 aliphatic heterocycles. The molecule has 0 amide bonds. The summed E-state index contributed by atoms with van der Waals surface area (Å²) < 4.78 is 0. The van der Waals surface area contributed by atoms with Crippen molar-refractivity contribution in [1.82, 2.24) is 9.97 Å². The number of aryl methyl sites for hydroxylation is 2. The zero-order valence-electron chi connectivity index (χ0n) is 11.5. The van der Waals surface area contributed by atoms with Crippen molar-refractivity contribution < 1.29 is 0 Å². The highest BCUT2D eigenvalue weighted by Gasteiger charge is 2.01. The topological polar surface area (TPSA) is 49.8 Å². The van der Waals surface area contributed by atoms with E-state index < -0.39 is 0 Å². The second-order valence-corrected chi connectivity index (χ2v) is 4.49. The summed E-state index contributed by atoms with van der Waals surface area (Å²) in [5, 5.41) is 6.32. The number of nitrogens with zero attached hydrogens (tertiary/aromatic N) is 2. The molecule has 0 aliphatic rings. The van der Waals surface area contributed by atoms with E-state index in [1.807, 2.05) is 26.2 Å². The number of rotatable bonds is 6. The number of nitrogens with one attached hydrogen (secondary N) is 2. The lowest BCUT2D eigenvalue weighted by Gasteiger charge is -2.09. The van der Waals surface area contributed by atoms with Crippen molar-refractivity contribution in [2.75, 3.05) is 24.2 Å². The van der Waals surface area contributed by atoms with Crippen LogP contribution in [0.15, 0.2) is 36.5 Å². The smallest absolute Gasteiger partial charge is 0.224 e. The lowest BCUT2D eigenvalue weighted by atomic mass is 10.1. The second-order valence-electron chi connectivity index (χ2n) is 4.49. The zero-order valence-corrected chi connectivity index (χ0v) is 11.5. The molecule has 2 aromatic rings. The first-order chi connectivity index (χ1) is 9.29. The van der Waals surface area contributed by atoms with Gasteiger partial charge in [-0.05, 0) is 25.3 Å². The van der Waals surface area contributed by atoms with Crippen molar-refractivity contribution >= 4 is 11.8 Å². The third kappa shape index (κ3) is 3.95. The van der Waals surface area contributed by atoms with E-state index in [-0.39, 0.29) is 0 Å². The van der Waals surface area contributed by atoms with Gasteiger partial charge in [0.1, 0.15) is 5.82 Å². The Balaban J connectivity index is 1.82. The fourth-order valence-corrected chi connectivity index (χ4v) is 1.89. The Morgan fingerprint density at radius 1 is 1.16 bits per heavy atom. The molecule has 4 nitrogen and oxygen atoms in total. The SMILES string of the molecule is CNc1ncc(C)c(NCCCc2ccccc2)n1. The summed E-state index contributed by atoms with van der Waals surface area (Å²) in [6, 6.07) is 10.5. The Bertz CT molecular complexity index is 511. The molecule has 2 rings (SSSR count). The Kier molecular flexibility index (Phi) is 4.72. The summed E-state index contributed by atoms with van der Waals surface area (Å²) in [6.07, 6.45) is 4.00. The van der Waals surface area contributed by atoms with E-state index in [9.17, 15) is 0 Å². The normalized spacial score (nSPS) is 10.2. The van der Waals surface area contributed by atoms with Crippen LogP contribution in [0.5, 0.6) is 0 Å². The monoisotopic (exact) mass is 256 g/mol. The molecule has 0 fully saturated rings. The fourth-order valence-electron chi connectivity index (χ4n) is 1.89. The maximum atomic E-state index is 4.40. The molecule has 0 saturated carbocycles. The standard InChI is InChI=1S/C15H20N4/c1-12-11-18-15(16-2)19-14(12)17-10-6-9-13-7-4-3-5-8-13/h3-5,7-8,11H,6,9-10H2,1-2H3,(H2,16,17,18,19). The quantitative estimate of drug-likeness (QED) is 0.780. The zero-order chi connectivity index (χ0) is 13.5. The van der Waals surface area contributed by atoms with Gasteiger partial charge in [0, 0.05) is 25.4 Å². The van der Waals surface area contributed by atoms with Gasteiger partial charge < -0.3 is 10.6 Å². The lowest BCUT2D eigenvalue weighted by Crippen LogP contribution is -2.08. The first-order valence-corrected chi connectivity index (χ1v) is 6.59. The van der Waals surface area contributed by atoms with Crippen molar-refractivity contribution in [2.45, 2.75) is 19.8 Å². The molecule has 1 aromatic carbocycles. The van der Waals surface area contributed by atoms with Crippen LogP contribution in [0, 0.1) is 6.92 Å². The van der Waals surface area contributed by atoms with Crippen molar-refractivity contribution in [1.29, 1.82) is 0 Å². The summed E-state index contributed by atoms with van der Waals surface area (Å²) in [5.74, 6) is 1.56. The molecule has 0 spiro atoms. The van der Waals surface area contributed by atoms with Crippen molar-refractivity contribution in [3.63, 3.8) is 0 Å². The minimum Gasteiger partial charge on any atom is -0.370 e. The number of hydrogen-bond donors (Lipinski definition) is 2. The van der Waals surface area contributed by atoms with Crippen molar-refractivity contribution in [3.05, 3.63) is 47.7 Å². The predicted octanol–water partition coefficient (Wildman–Crippen LogP) is 2.87. The average molecular weight is 256 g/mol. The maximum absolute atomic E-state index is 4.40. The summed E-state index contributed by atoms with van der Waals surface area (Å²) >= 11 is 0. The van der Waals surface area contributed by atoms with Crippen molar-refractivity contribution in [3.8, 4) is 0 Å². The summed E-state index contributed by atoms with van der Waals surface area (Å²) in [6.45, 7) is 2.93. The van der Waals surface area contributed by atoms with Gasteiger partial charge in [0.15, 0.2) is 0 Å². The third-order valence-corrected chi connectivity index (χ3v) is 2.97. The Hall–Kier alpha value is -2.10. The van der Waals surface area contributed by atoms with Gasteiger partial charge >= 0.3 is 0 Å². The van der Waals surface area contributed by atoms with E-state index in [4.69, 9.17) is 0 Å². The van der Waals surface area contributed by atoms with Crippen LogP contribution in [-0.4, -0.2) is 23.6 Å². The van der Waals surface area contributed by atoms with Gasteiger partial charge in [0.2, 0.25) is 5.95 Å². The lowest BCUT2D eigenvalue weighted by molar-refractivity contribution is 0.856. The Morgan fingerprint density at radius 3 is 2.68 bits per heavy atom. The molecule has 0 bridgehead atoms. The largest absolute Gasteiger partial charge is 0.370 e. The fraction of sp³-hybridized carbons (Fsp3) is 0.333. The summed E-state index contributed by atoms with van der Waals surface area (Å²) in [7, 11) is 1.82. The molecule has 0 unspecified atom stereocenters. The Labute approximate surface area is 114 Å². The minimum atomic E-state index is 0.649. The van der Waals surface area contributed by atoms with Crippen LogP contribution in [0.3, 0.4) is 0 Å². The molecule has 0 radical (unpaired) electrons. The number of hydrogen-bond acceptors (Lipinski definition) is 4. The molecule has 19 heavy (non-hydrogen) atoms. The molecular weight excluding hydrogens is 236 g/mol. The first kappa shape index (κ1) is 13.3. The maximum Gasteiger partial charge on any atom is 0.224 e.